The number of rotatable bonds is 2. The fraction of sp³-hybridized carbons (Fsp3) is 1.00. The molecular formula is C9H17Cl2F3N2. The predicted octanol–water partition coefficient (Wildman–Crippen LogP) is 2.08. The maximum absolute atomic E-state index is 12.7. The molecule has 2 aliphatic rings. The third-order valence-corrected chi connectivity index (χ3v) is 2.95. The van der Waals surface area contributed by atoms with Crippen molar-refractivity contribution in [3.63, 3.8) is 0 Å². The standard InChI is InChI=1S/C9H15F3N2.2ClH/c10-9(11,12)8(7-1-2-7)14-5-3-13-4-6-14;;/h7-8,13H,1-6H2;2*1H/t8-;;/m1../s1. The second-order valence-electron chi connectivity index (χ2n) is 4.11. The number of alkyl halides is 3. The van der Waals surface area contributed by atoms with Crippen molar-refractivity contribution in [2.75, 3.05) is 26.2 Å². The molecule has 0 amide bonds. The highest BCUT2D eigenvalue weighted by molar-refractivity contribution is 5.85. The molecule has 16 heavy (non-hydrogen) atoms. The van der Waals surface area contributed by atoms with Gasteiger partial charge in [-0.25, -0.2) is 0 Å². The van der Waals surface area contributed by atoms with Gasteiger partial charge >= 0.3 is 6.18 Å². The Labute approximate surface area is 106 Å². The van der Waals surface area contributed by atoms with E-state index >= 15 is 0 Å². The minimum Gasteiger partial charge on any atom is -0.314 e. The molecule has 1 aliphatic carbocycles. The molecule has 1 aliphatic heterocycles. The van der Waals surface area contributed by atoms with Crippen LogP contribution in [0.15, 0.2) is 0 Å². The minimum atomic E-state index is -4.04. The lowest BCUT2D eigenvalue weighted by Gasteiger charge is -2.36. The topological polar surface area (TPSA) is 15.3 Å². The number of nitrogens with one attached hydrogen (secondary N) is 1. The van der Waals surface area contributed by atoms with Crippen molar-refractivity contribution in [3.05, 3.63) is 0 Å². The second-order valence-corrected chi connectivity index (χ2v) is 4.11. The number of halogens is 5. The molecule has 0 aromatic rings. The molecule has 2 rings (SSSR count). The summed E-state index contributed by atoms with van der Waals surface area (Å²) in [4.78, 5) is 1.59. The van der Waals surface area contributed by atoms with Gasteiger partial charge < -0.3 is 5.32 Å². The van der Waals surface area contributed by atoms with Gasteiger partial charge in [0, 0.05) is 26.2 Å². The van der Waals surface area contributed by atoms with E-state index < -0.39 is 12.2 Å². The number of hydrogen-bond donors (Lipinski definition) is 1. The van der Waals surface area contributed by atoms with Gasteiger partial charge in [-0.2, -0.15) is 13.2 Å². The molecule has 0 unspecified atom stereocenters. The average Bonchev–Trinajstić information content (AvgIpc) is 2.88. The lowest BCUT2D eigenvalue weighted by atomic mass is 10.1. The van der Waals surface area contributed by atoms with E-state index in [0.717, 1.165) is 12.8 Å². The van der Waals surface area contributed by atoms with Crippen LogP contribution in [0.25, 0.3) is 0 Å². The Kier molecular flexibility index (Phi) is 6.40. The fourth-order valence-electron chi connectivity index (χ4n) is 2.14. The summed E-state index contributed by atoms with van der Waals surface area (Å²) in [6, 6.07) is -1.18. The van der Waals surface area contributed by atoms with Crippen LogP contribution in [-0.4, -0.2) is 43.3 Å². The summed E-state index contributed by atoms with van der Waals surface area (Å²) in [5.74, 6) is -0.131. The Balaban J connectivity index is 0.00000112. The molecule has 2 nitrogen and oxygen atoms in total. The first kappa shape index (κ1) is 16.3. The van der Waals surface area contributed by atoms with Crippen molar-refractivity contribution in [1.29, 1.82) is 0 Å². The van der Waals surface area contributed by atoms with E-state index in [9.17, 15) is 13.2 Å². The fourth-order valence-corrected chi connectivity index (χ4v) is 2.14. The quantitative estimate of drug-likeness (QED) is 0.833. The Bertz CT molecular complexity index is 203. The van der Waals surface area contributed by atoms with Crippen molar-refractivity contribution in [1.82, 2.24) is 10.2 Å². The maximum Gasteiger partial charge on any atom is 0.404 e. The highest BCUT2D eigenvalue weighted by Gasteiger charge is 2.51. The zero-order chi connectivity index (χ0) is 10.2. The van der Waals surface area contributed by atoms with E-state index in [-0.39, 0.29) is 30.7 Å². The van der Waals surface area contributed by atoms with Gasteiger partial charge in [0.1, 0.15) is 6.04 Å². The third kappa shape index (κ3) is 3.95. The number of nitrogens with zero attached hydrogens (tertiary/aromatic N) is 1. The first-order chi connectivity index (χ1) is 6.59. The Morgan fingerprint density at radius 2 is 1.56 bits per heavy atom. The van der Waals surface area contributed by atoms with Crippen LogP contribution >= 0.6 is 24.8 Å². The molecule has 98 valence electrons. The first-order valence-corrected chi connectivity index (χ1v) is 5.10. The molecule has 1 N–H and O–H groups in total. The van der Waals surface area contributed by atoms with Crippen molar-refractivity contribution >= 4 is 24.8 Å². The number of piperazine rings is 1. The van der Waals surface area contributed by atoms with Crippen molar-refractivity contribution in [2.24, 2.45) is 5.92 Å². The minimum absolute atomic E-state index is 0. The average molecular weight is 281 g/mol. The summed E-state index contributed by atoms with van der Waals surface area (Å²) < 4.78 is 38.2. The van der Waals surface area contributed by atoms with Crippen LogP contribution in [0.4, 0.5) is 13.2 Å². The van der Waals surface area contributed by atoms with Gasteiger partial charge in [0.15, 0.2) is 0 Å². The molecule has 1 atom stereocenters. The van der Waals surface area contributed by atoms with Crippen LogP contribution in [0.5, 0.6) is 0 Å². The molecule has 0 aromatic carbocycles. The molecular weight excluding hydrogens is 264 g/mol. The zero-order valence-corrected chi connectivity index (χ0v) is 10.4. The molecule has 0 aromatic heterocycles. The SMILES string of the molecule is Cl.Cl.FC(F)(F)[C@@H](C1CC1)N1CCNCC1. The maximum atomic E-state index is 12.7. The summed E-state index contributed by atoms with van der Waals surface area (Å²) in [5.41, 5.74) is 0. The molecule has 0 spiro atoms. The number of hydrogen-bond acceptors (Lipinski definition) is 2. The normalized spacial score (nSPS) is 24.2. The Morgan fingerprint density at radius 1 is 1.06 bits per heavy atom. The van der Waals surface area contributed by atoms with E-state index in [1.54, 1.807) is 4.90 Å². The van der Waals surface area contributed by atoms with Crippen LogP contribution in [0, 0.1) is 5.92 Å². The lowest BCUT2D eigenvalue weighted by Crippen LogP contribution is -2.54. The monoisotopic (exact) mass is 280 g/mol. The highest BCUT2D eigenvalue weighted by Crippen LogP contribution is 2.43. The molecule has 1 saturated carbocycles. The first-order valence-electron chi connectivity index (χ1n) is 5.10. The van der Waals surface area contributed by atoms with E-state index in [2.05, 4.69) is 5.32 Å². The highest BCUT2D eigenvalue weighted by atomic mass is 35.5. The van der Waals surface area contributed by atoms with E-state index in [0.29, 0.717) is 26.2 Å². The van der Waals surface area contributed by atoms with Gasteiger partial charge in [0.25, 0.3) is 0 Å². The van der Waals surface area contributed by atoms with Crippen molar-refractivity contribution in [3.8, 4) is 0 Å². The molecule has 2 fully saturated rings. The zero-order valence-electron chi connectivity index (χ0n) is 8.79. The summed E-state index contributed by atoms with van der Waals surface area (Å²) in [6.45, 7) is 2.42. The molecule has 1 heterocycles. The summed E-state index contributed by atoms with van der Waals surface area (Å²) in [5, 5.41) is 3.07. The summed E-state index contributed by atoms with van der Waals surface area (Å²) in [7, 11) is 0. The van der Waals surface area contributed by atoms with Crippen LogP contribution in [0.2, 0.25) is 0 Å². The van der Waals surface area contributed by atoms with E-state index in [1.807, 2.05) is 0 Å². The molecule has 1 saturated heterocycles. The summed E-state index contributed by atoms with van der Waals surface area (Å²) in [6.07, 6.45) is -2.55. The van der Waals surface area contributed by atoms with Crippen LogP contribution in [0.1, 0.15) is 12.8 Å². The van der Waals surface area contributed by atoms with E-state index in [4.69, 9.17) is 0 Å². The predicted molar refractivity (Wildman–Crippen MR) is 61.5 cm³/mol. The van der Waals surface area contributed by atoms with Crippen LogP contribution in [0.3, 0.4) is 0 Å². The molecule has 0 radical (unpaired) electrons. The van der Waals surface area contributed by atoms with Crippen LogP contribution in [-0.2, 0) is 0 Å². The van der Waals surface area contributed by atoms with Gasteiger partial charge in [-0.1, -0.05) is 0 Å². The van der Waals surface area contributed by atoms with E-state index in [1.165, 1.54) is 0 Å². The largest absolute Gasteiger partial charge is 0.404 e. The van der Waals surface area contributed by atoms with Gasteiger partial charge in [0.05, 0.1) is 0 Å². The third-order valence-electron chi connectivity index (χ3n) is 2.95. The second kappa shape index (κ2) is 6.28. The van der Waals surface area contributed by atoms with Crippen molar-refractivity contribution in [2.45, 2.75) is 25.1 Å². The smallest absolute Gasteiger partial charge is 0.314 e. The summed E-state index contributed by atoms with van der Waals surface area (Å²) >= 11 is 0. The van der Waals surface area contributed by atoms with Crippen molar-refractivity contribution < 1.29 is 13.2 Å². The van der Waals surface area contributed by atoms with Gasteiger partial charge in [-0.15, -0.1) is 24.8 Å². The molecule has 0 bridgehead atoms. The van der Waals surface area contributed by atoms with Crippen LogP contribution < -0.4 is 5.32 Å². The Morgan fingerprint density at radius 3 is 1.94 bits per heavy atom. The lowest BCUT2D eigenvalue weighted by molar-refractivity contribution is -0.190. The van der Waals surface area contributed by atoms with Gasteiger partial charge in [-0.05, 0) is 18.8 Å². The Hall–Kier alpha value is 0.290. The molecule has 7 heteroatoms. The van der Waals surface area contributed by atoms with Gasteiger partial charge in [-0.3, -0.25) is 4.90 Å². The van der Waals surface area contributed by atoms with Gasteiger partial charge in [0.2, 0.25) is 0 Å².